The van der Waals surface area contributed by atoms with Crippen LogP contribution in [0.1, 0.15) is 23.1 Å². The van der Waals surface area contributed by atoms with Crippen LogP contribution in [0.5, 0.6) is 5.75 Å². The number of hydrogen-bond donors (Lipinski definition) is 1. The van der Waals surface area contributed by atoms with Crippen molar-refractivity contribution in [1.82, 2.24) is 9.88 Å². The summed E-state index contributed by atoms with van der Waals surface area (Å²) in [5, 5.41) is 9.01. The average molecular weight is 394 g/mol. The van der Waals surface area contributed by atoms with Gasteiger partial charge in [0.15, 0.2) is 6.61 Å². The maximum atomic E-state index is 13.1. The number of ether oxygens (including phenoxy) is 1. The van der Waals surface area contributed by atoms with Crippen LogP contribution in [0.4, 0.5) is 13.2 Å². The number of aromatic nitrogens is 1. The third-order valence-corrected chi connectivity index (χ3v) is 4.82. The maximum Gasteiger partial charge on any atom is 0.416 e. The quantitative estimate of drug-likeness (QED) is 0.818. The molecule has 0 saturated carbocycles. The van der Waals surface area contributed by atoms with Gasteiger partial charge in [-0.05, 0) is 48.1 Å². The summed E-state index contributed by atoms with van der Waals surface area (Å²) >= 11 is 0. The van der Waals surface area contributed by atoms with E-state index < -0.39 is 11.7 Å². The first-order chi connectivity index (χ1) is 13.4. The molecule has 150 valence electrons. The molecule has 28 heavy (non-hydrogen) atoms. The Kier molecular flexibility index (Phi) is 6.18. The molecule has 2 aromatic rings. The molecule has 1 atom stereocenters. The second kappa shape index (κ2) is 8.60. The molecule has 0 radical (unpaired) electrons. The summed E-state index contributed by atoms with van der Waals surface area (Å²) in [6, 6.07) is 7.75. The summed E-state index contributed by atoms with van der Waals surface area (Å²) in [5.74, 6) is 0.278. The highest BCUT2D eigenvalue weighted by Crippen LogP contribution is 2.33. The number of benzene rings is 1. The zero-order valence-corrected chi connectivity index (χ0v) is 15.2. The Balaban J connectivity index is 1.53. The lowest BCUT2D eigenvalue weighted by atomic mass is 9.96. The summed E-state index contributed by atoms with van der Waals surface area (Å²) in [6.45, 7) is 0.697. The fraction of sp³-hybridized carbons (Fsp3) is 0.400. The second-order valence-electron chi connectivity index (χ2n) is 6.82. The van der Waals surface area contributed by atoms with Crippen molar-refractivity contribution in [3.63, 3.8) is 0 Å². The highest BCUT2D eigenvalue weighted by molar-refractivity contribution is 5.78. The van der Waals surface area contributed by atoms with Gasteiger partial charge >= 0.3 is 6.18 Å². The Morgan fingerprint density at radius 1 is 1.25 bits per heavy atom. The van der Waals surface area contributed by atoms with Crippen LogP contribution in [-0.2, 0) is 24.0 Å². The number of likely N-dealkylation sites (tertiary alicyclic amines) is 1. The number of aliphatic hydroxyl groups excluding tert-OH is 1. The zero-order chi connectivity index (χ0) is 20.1. The van der Waals surface area contributed by atoms with Gasteiger partial charge in [-0.15, -0.1) is 0 Å². The smallest absolute Gasteiger partial charge is 0.416 e. The number of carbonyl (C=O) groups excluding carboxylic acids is 1. The molecular weight excluding hydrogens is 373 g/mol. The molecule has 0 aliphatic carbocycles. The minimum Gasteiger partial charge on any atom is -0.484 e. The molecule has 1 aliphatic heterocycles. The number of rotatable bonds is 6. The van der Waals surface area contributed by atoms with Crippen LogP contribution >= 0.6 is 0 Å². The summed E-state index contributed by atoms with van der Waals surface area (Å²) in [4.78, 5) is 17.8. The number of carbonyl (C=O) groups is 1. The van der Waals surface area contributed by atoms with Crippen LogP contribution in [0.2, 0.25) is 0 Å². The van der Waals surface area contributed by atoms with Crippen LogP contribution < -0.4 is 4.74 Å². The van der Waals surface area contributed by atoms with Crippen LogP contribution in [0, 0.1) is 5.92 Å². The molecule has 1 aromatic heterocycles. The number of amides is 1. The number of nitrogens with zero attached hydrogens (tertiary/aromatic N) is 2. The van der Waals surface area contributed by atoms with Gasteiger partial charge in [-0.3, -0.25) is 9.78 Å². The Morgan fingerprint density at radius 3 is 2.68 bits per heavy atom. The number of halogens is 3. The van der Waals surface area contributed by atoms with E-state index in [1.54, 1.807) is 29.2 Å². The van der Waals surface area contributed by atoms with Crippen LogP contribution in [0.25, 0.3) is 0 Å². The summed E-state index contributed by atoms with van der Waals surface area (Å²) in [7, 11) is 0. The SMILES string of the molecule is O=C(COc1ccc(CO)cc1)N1CCC(Cc2cnccc2C(F)(F)F)C1. The van der Waals surface area contributed by atoms with Crippen LogP contribution in [0.3, 0.4) is 0 Å². The van der Waals surface area contributed by atoms with Crippen molar-refractivity contribution in [3.8, 4) is 5.75 Å². The third kappa shape index (κ3) is 5.01. The predicted molar refractivity (Wildman–Crippen MR) is 95.5 cm³/mol. The minimum absolute atomic E-state index is 0.0434. The molecule has 1 aliphatic rings. The normalized spacial score (nSPS) is 17.0. The molecule has 1 unspecified atom stereocenters. The first-order valence-electron chi connectivity index (χ1n) is 8.97. The van der Waals surface area contributed by atoms with Gasteiger partial charge in [0, 0.05) is 25.5 Å². The second-order valence-corrected chi connectivity index (χ2v) is 6.82. The third-order valence-electron chi connectivity index (χ3n) is 4.82. The minimum atomic E-state index is -4.41. The van der Waals surface area contributed by atoms with Gasteiger partial charge in [-0.25, -0.2) is 0 Å². The van der Waals surface area contributed by atoms with E-state index in [0.717, 1.165) is 17.8 Å². The standard InChI is InChI=1S/C20H21F3N2O3/c21-20(22,23)18-5-7-24-10-16(18)9-15-6-8-25(11-15)19(27)13-28-17-3-1-14(12-26)2-4-17/h1-5,7,10,15,26H,6,8-9,11-13H2. The highest BCUT2D eigenvalue weighted by Gasteiger charge is 2.35. The van der Waals surface area contributed by atoms with Gasteiger partial charge in [0.05, 0.1) is 12.2 Å². The predicted octanol–water partition coefficient (Wildman–Crippen LogP) is 3.06. The topological polar surface area (TPSA) is 62.7 Å². The van der Waals surface area contributed by atoms with E-state index in [4.69, 9.17) is 9.84 Å². The van der Waals surface area contributed by atoms with E-state index in [1.807, 2.05) is 0 Å². The number of hydrogen-bond acceptors (Lipinski definition) is 4. The molecule has 1 amide bonds. The lowest BCUT2D eigenvalue weighted by Gasteiger charge is -2.18. The molecule has 5 nitrogen and oxygen atoms in total. The molecule has 2 heterocycles. The van der Waals surface area contributed by atoms with Gasteiger partial charge in [0.25, 0.3) is 5.91 Å². The van der Waals surface area contributed by atoms with Crippen molar-refractivity contribution in [1.29, 1.82) is 0 Å². The number of alkyl halides is 3. The van der Waals surface area contributed by atoms with Gasteiger partial charge in [0.2, 0.25) is 0 Å². The fourth-order valence-corrected chi connectivity index (χ4v) is 3.33. The lowest BCUT2D eigenvalue weighted by Crippen LogP contribution is -2.33. The Hall–Kier alpha value is -2.61. The first kappa shape index (κ1) is 20.1. The van der Waals surface area contributed by atoms with Crippen molar-refractivity contribution < 1.29 is 27.8 Å². The van der Waals surface area contributed by atoms with Gasteiger partial charge in [-0.2, -0.15) is 13.2 Å². The summed E-state index contributed by atoms with van der Waals surface area (Å²) in [6.07, 6.45) is -1.14. The van der Waals surface area contributed by atoms with E-state index in [1.165, 1.54) is 6.20 Å². The molecular formula is C20H21F3N2O3. The molecule has 1 N–H and O–H groups in total. The fourth-order valence-electron chi connectivity index (χ4n) is 3.33. The van der Waals surface area contributed by atoms with Crippen LogP contribution in [-0.4, -0.2) is 40.6 Å². The molecule has 0 spiro atoms. The molecule has 1 aromatic carbocycles. The molecule has 1 fully saturated rings. The van der Waals surface area contributed by atoms with Crippen molar-refractivity contribution in [2.45, 2.75) is 25.6 Å². The van der Waals surface area contributed by atoms with E-state index in [9.17, 15) is 18.0 Å². The van der Waals surface area contributed by atoms with Gasteiger partial charge < -0.3 is 14.7 Å². The van der Waals surface area contributed by atoms with Crippen molar-refractivity contribution >= 4 is 5.91 Å². The van der Waals surface area contributed by atoms with Crippen molar-refractivity contribution in [2.24, 2.45) is 5.92 Å². The van der Waals surface area contributed by atoms with Crippen molar-refractivity contribution in [3.05, 3.63) is 59.4 Å². The van der Waals surface area contributed by atoms with E-state index in [-0.39, 0.29) is 37.0 Å². The monoisotopic (exact) mass is 394 g/mol. The van der Waals surface area contributed by atoms with E-state index >= 15 is 0 Å². The van der Waals surface area contributed by atoms with Crippen LogP contribution in [0.15, 0.2) is 42.7 Å². The van der Waals surface area contributed by atoms with E-state index in [2.05, 4.69) is 4.98 Å². The Labute approximate surface area is 160 Å². The Bertz CT molecular complexity index is 809. The summed E-state index contributed by atoms with van der Waals surface area (Å²) < 4.78 is 44.8. The van der Waals surface area contributed by atoms with E-state index in [0.29, 0.717) is 25.3 Å². The molecule has 0 bridgehead atoms. The Morgan fingerprint density at radius 2 is 2.00 bits per heavy atom. The summed E-state index contributed by atoms with van der Waals surface area (Å²) in [5.41, 5.74) is 0.242. The largest absolute Gasteiger partial charge is 0.484 e. The van der Waals surface area contributed by atoms with Crippen molar-refractivity contribution in [2.75, 3.05) is 19.7 Å². The molecule has 8 heteroatoms. The molecule has 1 saturated heterocycles. The number of aliphatic hydroxyl groups is 1. The molecule has 3 rings (SSSR count). The highest BCUT2D eigenvalue weighted by atomic mass is 19.4. The zero-order valence-electron chi connectivity index (χ0n) is 15.2. The first-order valence-corrected chi connectivity index (χ1v) is 8.97. The maximum absolute atomic E-state index is 13.1. The van der Waals surface area contributed by atoms with Gasteiger partial charge in [0.1, 0.15) is 5.75 Å². The lowest BCUT2D eigenvalue weighted by molar-refractivity contribution is -0.138. The van der Waals surface area contributed by atoms with Gasteiger partial charge in [-0.1, -0.05) is 12.1 Å². The average Bonchev–Trinajstić information content (AvgIpc) is 3.14. The number of pyridine rings is 1.